The maximum atomic E-state index is 13.5. The van der Waals surface area contributed by atoms with Gasteiger partial charge in [0.15, 0.2) is 5.78 Å². The first-order chi connectivity index (χ1) is 17.0. The SMILES string of the molecule is O=C(Cc1cccc(S(=O)(=O)N2CCOCC2)c1)c1cn(-c2ccccc2)nc1-c1cccnc1. The van der Waals surface area contributed by atoms with E-state index in [1.54, 1.807) is 53.6 Å². The minimum atomic E-state index is -3.65. The smallest absolute Gasteiger partial charge is 0.243 e. The predicted octanol–water partition coefficient (Wildman–Crippen LogP) is 3.38. The minimum absolute atomic E-state index is 0.0419. The van der Waals surface area contributed by atoms with Crippen molar-refractivity contribution in [2.24, 2.45) is 0 Å². The average Bonchev–Trinajstić information content (AvgIpc) is 3.36. The molecule has 9 heteroatoms. The number of morpholine rings is 1. The lowest BCUT2D eigenvalue weighted by Gasteiger charge is -2.26. The van der Waals surface area contributed by atoms with Crippen molar-refractivity contribution in [1.82, 2.24) is 19.1 Å². The highest BCUT2D eigenvalue weighted by atomic mass is 32.2. The largest absolute Gasteiger partial charge is 0.379 e. The maximum Gasteiger partial charge on any atom is 0.243 e. The van der Waals surface area contributed by atoms with E-state index in [1.807, 2.05) is 36.4 Å². The van der Waals surface area contributed by atoms with Crippen molar-refractivity contribution in [2.45, 2.75) is 11.3 Å². The normalized spacial score (nSPS) is 14.6. The molecule has 0 aliphatic carbocycles. The first-order valence-electron chi connectivity index (χ1n) is 11.3. The third kappa shape index (κ3) is 4.93. The summed E-state index contributed by atoms with van der Waals surface area (Å²) in [6.45, 7) is 1.39. The number of carbonyl (C=O) groups excluding carboxylic acids is 1. The highest BCUT2D eigenvalue weighted by molar-refractivity contribution is 7.89. The Hall–Kier alpha value is -3.66. The lowest BCUT2D eigenvalue weighted by Crippen LogP contribution is -2.40. The molecule has 0 spiro atoms. The molecule has 2 aromatic carbocycles. The summed E-state index contributed by atoms with van der Waals surface area (Å²) in [5, 5.41) is 4.67. The number of sulfonamides is 1. The molecule has 35 heavy (non-hydrogen) atoms. The lowest BCUT2D eigenvalue weighted by molar-refractivity contribution is 0.0730. The van der Waals surface area contributed by atoms with Crippen molar-refractivity contribution in [1.29, 1.82) is 0 Å². The van der Waals surface area contributed by atoms with Gasteiger partial charge in [-0.15, -0.1) is 0 Å². The fraction of sp³-hybridized carbons (Fsp3) is 0.192. The van der Waals surface area contributed by atoms with Crippen LogP contribution in [0, 0.1) is 0 Å². The molecule has 0 amide bonds. The van der Waals surface area contributed by atoms with Crippen LogP contribution in [-0.2, 0) is 21.2 Å². The molecule has 0 saturated carbocycles. The molecule has 0 unspecified atom stereocenters. The van der Waals surface area contributed by atoms with Gasteiger partial charge in [0.2, 0.25) is 10.0 Å². The summed E-state index contributed by atoms with van der Waals surface area (Å²) >= 11 is 0. The van der Waals surface area contributed by atoms with Crippen molar-refractivity contribution >= 4 is 15.8 Å². The topological polar surface area (TPSA) is 94.4 Å². The van der Waals surface area contributed by atoms with Crippen LogP contribution in [0.2, 0.25) is 0 Å². The molecule has 3 heterocycles. The van der Waals surface area contributed by atoms with Crippen LogP contribution in [0.25, 0.3) is 16.9 Å². The van der Waals surface area contributed by atoms with Gasteiger partial charge in [0.25, 0.3) is 0 Å². The molecule has 0 radical (unpaired) electrons. The fourth-order valence-corrected chi connectivity index (χ4v) is 5.52. The average molecular weight is 489 g/mol. The van der Waals surface area contributed by atoms with Gasteiger partial charge in [0.05, 0.1) is 29.4 Å². The minimum Gasteiger partial charge on any atom is -0.379 e. The third-order valence-corrected chi connectivity index (χ3v) is 7.74. The van der Waals surface area contributed by atoms with E-state index in [0.29, 0.717) is 43.1 Å². The summed E-state index contributed by atoms with van der Waals surface area (Å²) in [5.41, 5.74) is 3.16. The van der Waals surface area contributed by atoms with Crippen molar-refractivity contribution in [3.05, 3.63) is 96.4 Å². The van der Waals surface area contributed by atoms with Gasteiger partial charge in [-0.2, -0.15) is 9.40 Å². The van der Waals surface area contributed by atoms with Crippen molar-refractivity contribution in [3.8, 4) is 16.9 Å². The zero-order valence-electron chi connectivity index (χ0n) is 18.9. The number of Topliss-reactive ketones (excluding diaryl/α,β-unsaturated/α-hetero) is 1. The molecule has 5 rings (SSSR count). The van der Waals surface area contributed by atoms with Crippen LogP contribution in [-0.4, -0.2) is 59.6 Å². The number of rotatable bonds is 7. The summed E-state index contributed by atoms with van der Waals surface area (Å²) in [4.78, 5) is 17.8. The predicted molar refractivity (Wildman–Crippen MR) is 131 cm³/mol. The number of hydrogen-bond donors (Lipinski definition) is 0. The van der Waals surface area contributed by atoms with Gasteiger partial charge in [-0.1, -0.05) is 30.3 Å². The first kappa shape index (κ1) is 23.1. The summed E-state index contributed by atoms with van der Waals surface area (Å²) < 4.78 is 34.5. The summed E-state index contributed by atoms with van der Waals surface area (Å²) in [5.74, 6) is -0.160. The molecule has 0 bridgehead atoms. The molecule has 178 valence electrons. The Morgan fingerprint density at radius 1 is 0.971 bits per heavy atom. The Balaban J connectivity index is 1.46. The van der Waals surface area contributed by atoms with Gasteiger partial charge < -0.3 is 4.74 Å². The summed E-state index contributed by atoms with van der Waals surface area (Å²) in [6.07, 6.45) is 5.10. The van der Waals surface area contributed by atoms with Gasteiger partial charge in [-0.3, -0.25) is 9.78 Å². The summed E-state index contributed by atoms with van der Waals surface area (Å²) in [7, 11) is -3.65. The van der Waals surface area contributed by atoms with E-state index in [9.17, 15) is 13.2 Å². The van der Waals surface area contributed by atoms with E-state index < -0.39 is 10.0 Å². The zero-order valence-corrected chi connectivity index (χ0v) is 19.8. The number of aromatic nitrogens is 3. The lowest BCUT2D eigenvalue weighted by atomic mass is 10.0. The van der Waals surface area contributed by atoms with Crippen LogP contribution in [0.3, 0.4) is 0 Å². The van der Waals surface area contributed by atoms with Crippen molar-refractivity contribution < 1.29 is 17.9 Å². The first-order valence-corrected chi connectivity index (χ1v) is 12.7. The van der Waals surface area contributed by atoms with Crippen LogP contribution < -0.4 is 0 Å². The Morgan fingerprint density at radius 3 is 2.51 bits per heavy atom. The number of ketones is 1. The molecule has 2 aromatic heterocycles. The highest BCUT2D eigenvalue weighted by Gasteiger charge is 2.27. The van der Waals surface area contributed by atoms with Crippen LogP contribution in [0.15, 0.2) is 90.2 Å². The molecule has 1 fully saturated rings. The van der Waals surface area contributed by atoms with Crippen molar-refractivity contribution in [2.75, 3.05) is 26.3 Å². The number of ether oxygens (including phenoxy) is 1. The molecule has 8 nitrogen and oxygen atoms in total. The Morgan fingerprint density at radius 2 is 1.77 bits per heavy atom. The molecule has 4 aromatic rings. The maximum absolute atomic E-state index is 13.5. The van der Waals surface area contributed by atoms with E-state index in [0.717, 1.165) is 11.3 Å². The zero-order chi connectivity index (χ0) is 24.3. The van der Waals surface area contributed by atoms with E-state index in [1.165, 1.54) is 4.31 Å². The van der Waals surface area contributed by atoms with Gasteiger partial charge in [-0.05, 0) is 42.0 Å². The Labute approximate surface area is 203 Å². The number of nitrogens with zero attached hydrogens (tertiary/aromatic N) is 4. The van der Waals surface area contributed by atoms with Gasteiger partial charge in [0, 0.05) is 43.7 Å². The highest BCUT2D eigenvalue weighted by Crippen LogP contribution is 2.25. The fourth-order valence-electron chi connectivity index (χ4n) is 4.04. The third-order valence-electron chi connectivity index (χ3n) is 5.84. The second-order valence-corrected chi connectivity index (χ2v) is 10.1. The van der Waals surface area contributed by atoms with E-state index in [-0.39, 0.29) is 17.1 Å². The van der Waals surface area contributed by atoms with Crippen LogP contribution in [0.1, 0.15) is 15.9 Å². The van der Waals surface area contributed by atoms with Crippen molar-refractivity contribution in [3.63, 3.8) is 0 Å². The summed E-state index contributed by atoms with van der Waals surface area (Å²) in [6, 6.07) is 19.8. The number of para-hydroxylation sites is 1. The van der Waals surface area contributed by atoms with E-state index >= 15 is 0 Å². The molecular weight excluding hydrogens is 464 g/mol. The molecule has 0 atom stereocenters. The van der Waals surface area contributed by atoms with Crippen LogP contribution in [0.5, 0.6) is 0 Å². The molecule has 1 saturated heterocycles. The second-order valence-electron chi connectivity index (χ2n) is 8.18. The van der Waals surface area contributed by atoms with Gasteiger partial charge >= 0.3 is 0 Å². The van der Waals surface area contributed by atoms with Crippen LogP contribution >= 0.6 is 0 Å². The molecule has 1 aliphatic heterocycles. The number of pyridine rings is 1. The quantitative estimate of drug-likeness (QED) is 0.370. The van der Waals surface area contributed by atoms with Gasteiger partial charge in [0.1, 0.15) is 5.69 Å². The Bertz CT molecular complexity index is 1430. The molecule has 1 aliphatic rings. The van der Waals surface area contributed by atoms with E-state index in [4.69, 9.17) is 4.74 Å². The molecule has 0 N–H and O–H groups in total. The van der Waals surface area contributed by atoms with Crippen LogP contribution in [0.4, 0.5) is 0 Å². The standard InChI is InChI=1S/C26H24N4O4S/c31-25(17-20-6-4-10-23(16-20)35(32,33)29-12-14-34-15-13-29)24-19-30(22-8-2-1-3-9-22)28-26(24)21-7-5-11-27-18-21/h1-11,16,18-19H,12-15,17H2. The second kappa shape index (κ2) is 9.91. The number of hydrogen-bond acceptors (Lipinski definition) is 6. The monoisotopic (exact) mass is 488 g/mol. The Kier molecular flexibility index (Phi) is 6.54. The number of carbonyl (C=O) groups is 1. The van der Waals surface area contributed by atoms with E-state index in [2.05, 4.69) is 10.1 Å². The molecular formula is C26H24N4O4S. The van der Waals surface area contributed by atoms with Gasteiger partial charge in [-0.25, -0.2) is 13.1 Å². The number of benzene rings is 2.